The zero-order valence-electron chi connectivity index (χ0n) is 46.6. The summed E-state index contributed by atoms with van der Waals surface area (Å²) in [5, 5.41) is 2.24. The van der Waals surface area contributed by atoms with E-state index in [1.54, 1.807) is 0 Å². The third kappa shape index (κ3) is 7.08. The molecule has 382 valence electrons. The van der Waals surface area contributed by atoms with E-state index < -0.39 is 0 Å². The van der Waals surface area contributed by atoms with Crippen LogP contribution in [0.2, 0.25) is 0 Å². The Hall–Kier alpha value is -8.52. The number of nitrogens with zero attached hydrogens (tertiary/aromatic N) is 2. The van der Waals surface area contributed by atoms with Gasteiger partial charge < -0.3 is 14.1 Å². The number of rotatable bonds is 6. The van der Waals surface area contributed by atoms with Crippen molar-refractivity contribution in [3.05, 3.63) is 250 Å². The summed E-state index contributed by atoms with van der Waals surface area (Å²) in [5.74, 6) is 7.68. The molecule has 0 amide bonds. The average molecular weight is 1020 g/mol. The van der Waals surface area contributed by atoms with Crippen LogP contribution in [0.15, 0.2) is 215 Å². The molecule has 3 nitrogen and oxygen atoms in total. The number of benzene rings is 9. The first kappa shape index (κ1) is 47.7. The van der Waals surface area contributed by atoms with Gasteiger partial charge >= 0.3 is 6.85 Å². The summed E-state index contributed by atoms with van der Waals surface area (Å²) < 4.78 is 6.91. The van der Waals surface area contributed by atoms with E-state index in [2.05, 4.69) is 271 Å². The first-order valence-electron chi connectivity index (χ1n) is 28.5. The molecule has 1 aromatic heterocycles. The second-order valence-electron chi connectivity index (χ2n) is 24.9. The third-order valence-corrected chi connectivity index (χ3v) is 19.1. The monoisotopic (exact) mass is 1020 g/mol. The molecule has 2 aliphatic carbocycles. The Kier molecular flexibility index (Phi) is 10.4. The molecule has 0 spiro atoms. The summed E-state index contributed by atoms with van der Waals surface area (Å²) in [7, 11) is 0. The lowest BCUT2D eigenvalue weighted by atomic mass is 9.42. The van der Waals surface area contributed by atoms with Crippen LogP contribution in [0.25, 0.3) is 55.3 Å². The predicted molar refractivity (Wildman–Crippen MR) is 332 cm³/mol. The van der Waals surface area contributed by atoms with Crippen LogP contribution in [0, 0.1) is 36.5 Å². The van der Waals surface area contributed by atoms with E-state index in [1.807, 2.05) is 0 Å². The number of anilines is 4. The van der Waals surface area contributed by atoms with Crippen LogP contribution < -0.4 is 20.6 Å². The van der Waals surface area contributed by atoms with Gasteiger partial charge in [0.1, 0.15) is 11.2 Å². The number of fused-ring (bicyclic) bond motifs is 10. The van der Waals surface area contributed by atoms with Gasteiger partial charge in [-0.1, -0.05) is 205 Å². The highest BCUT2D eigenvalue weighted by Crippen LogP contribution is 2.58. The van der Waals surface area contributed by atoms with Crippen molar-refractivity contribution >= 4 is 62.5 Å². The minimum atomic E-state index is -0.279. The maximum Gasteiger partial charge on any atom is 0.333 e. The van der Waals surface area contributed by atoms with Gasteiger partial charge in [0.2, 0.25) is 0 Å². The molecule has 10 aromatic rings. The molecular weight excluding hydrogens is 956 g/mol. The molecule has 0 saturated carbocycles. The fourth-order valence-electron chi connectivity index (χ4n) is 14.8. The Morgan fingerprint density at radius 3 is 1.90 bits per heavy atom. The Bertz CT molecular complexity index is 4280. The van der Waals surface area contributed by atoms with Gasteiger partial charge in [-0.15, -0.1) is 0 Å². The van der Waals surface area contributed by atoms with E-state index in [-0.39, 0.29) is 29.0 Å². The first-order valence-corrected chi connectivity index (χ1v) is 28.5. The lowest BCUT2D eigenvalue weighted by molar-refractivity contribution is 0.264. The average Bonchev–Trinajstić information content (AvgIpc) is 3.89. The number of aryl methyl sites for hydroxylation is 2. The quantitative estimate of drug-likeness (QED) is 0.0940. The topological polar surface area (TPSA) is 19.6 Å². The van der Waals surface area contributed by atoms with E-state index >= 15 is 0 Å². The van der Waals surface area contributed by atoms with Crippen LogP contribution in [0.1, 0.15) is 106 Å². The number of para-hydroxylation sites is 3. The van der Waals surface area contributed by atoms with E-state index in [0.29, 0.717) is 0 Å². The molecule has 5 aliphatic rings. The normalized spacial score (nSPS) is 16.8. The van der Waals surface area contributed by atoms with E-state index in [1.165, 1.54) is 111 Å². The van der Waals surface area contributed by atoms with Crippen molar-refractivity contribution in [1.82, 2.24) is 0 Å². The number of allylic oxidation sites excluding steroid dienone is 4. The summed E-state index contributed by atoms with van der Waals surface area (Å²) in [6.07, 6.45) is 5.56. The van der Waals surface area contributed by atoms with Crippen LogP contribution >= 0.6 is 0 Å². The fourth-order valence-corrected chi connectivity index (χ4v) is 14.8. The largest absolute Gasteiger partial charge is 0.456 e. The van der Waals surface area contributed by atoms with Crippen molar-refractivity contribution in [3.8, 4) is 45.2 Å². The zero-order valence-corrected chi connectivity index (χ0v) is 46.6. The maximum atomic E-state index is 6.91. The molecule has 0 N–H and O–H groups in total. The molecule has 0 bridgehead atoms. The van der Waals surface area contributed by atoms with Crippen molar-refractivity contribution in [1.29, 1.82) is 0 Å². The van der Waals surface area contributed by atoms with Gasteiger partial charge in [-0.3, -0.25) is 0 Å². The van der Waals surface area contributed by atoms with Gasteiger partial charge in [0.25, 0.3) is 0 Å². The van der Waals surface area contributed by atoms with Gasteiger partial charge in [-0.25, -0.2) is 0 Å². The lowest BCUT2D eigenvalue weighted by Gasteiger charge is -2.50. The van der Waals surface area contributed by atoms with Crippen LogP contribution in [-0.4, -0.2) is 6.85 Å². The Morgan fingerprint density at radius 1 is 0.544 bits per heavy atom. The van der Waals surface area contributed by atoms with E-state index in [0.717, 1.165) is 52.6 Å². The van der Waals surface area contributed by atoms with Gasteiger partial charge in [0, 0.05) is 45.8 Å². The molecule has 0 fully saturated rings. The minimum Gasteiger partial charge on any atom is -0.456 e. The molecule has 79 heavy (non-hydrogen) atoms. The van der Waals surface area contributed by atoms with Gasteiger partial charge in [0.05, 0.1) is 16.8 Å². The van der Waals surface area contributed by atoms with E-state index in [9.17, 15) is 0 Å². The molecule has 15 rings (SSSR count). The molecule has 9 aromatic carbocycles. The smallest absolute Gasteiger partial charge is 0.333 e. The second-order valence-corrected chi connectivity index (χ2v) is 24.9. The highest BCUT2D eigenvalue weighted by Gasteiger charge is 2.51. The third-order valence-electron chi connectivity index (χ3n) is 19.1. The van der Waals surface area contributed by atoms with Gasteiger partial charge in [-0.05, 0) is 169 Å². The molecule has 0 atom stereocenters. The number of hydrogen-bond acceptors (Lipinski definition) is 3. The Balaban J connectivity index is 1.07. The van der Waals surface area contributed by atoms with Crippen molar-refractivity contribution in [2.45, 2.75) is 86.0 Å². The van der Waals surface area contributed by atoms with Crippen molar-refractivity contribution in [2.75, 3.05) is 9.71 Å². The first-order chi connectivity index (χ1) is 38.3. The lowest BCUT2D eigenvalue weighted by Crippen LogP contribution is -2.63. The fraction of sp³-hybridized carbons (Fsp3) is 0.200. The van der Waals surface area contributed by atoms with E-state index in [4.69, 9.17) is 4.42 Å². The Labute approximate surface area is 466 Å². The number of furan rings is 1. The van der Waals surface area contributed by atoms with Crippen molar-refractivity contribution in [3.63, 3.8) is 0 Å². The molecular formula is C75H63BN2O. The highest BCUT2D eigenvalue weighted by atomic mass is 16.3. The summed E-state index contributed by atoms with van der Waals surface area (Å²) in [6, 6.07) is 70.7. The molecule has 0 saturated heterocycles. The molecule has 4 heterocycles. The highest BCUT2D eigenvalue weighted by molar-refractivity contribution is 6.93. The van der Waals surface area contributed by atoms with Crippen LogP contribution in [0.4, 0.5) is 22.7 Å². The molecule has 0 unspecified atom stereocenters. The Morgan fingerprint density at radius 2 is 1.19 bits per heavy atom. The van der Waals surface area contributed by atoms with Crippen LogP contribution in [0.3, 0.4) is 0 Å². The van der Waals surface area contributed by atoms with Gasteiger partial charge in [0.15, 0.2) is 0 Å². The van der Waals surface area contributed by atoms with Crippen LogP contribution in [0.5, 0.6) is 0 Å². The number of hydrogen-bond donors (Lipinski definition) is 0. The van der Waals surface area contributed by atoms with Crippen molar-refractivity contribution < 1.29 is 4.42 Å². The summed E-state index contributed by atoms with van der Waals surface area (Å²) in [5.41, 5.74) is 29.3. The molecule has 4 heteroatoms. The summed E-state index contributed by atoms with van der Waals surface area (Å²) >= 11 is 0. The SMILES string of the molecule is Cc1cc(-c2ccccc2)ccc1C(c1cc2c3c(c1)N1c4ccccc4C(C)(C)c4cccc(c41)B3N(C1=CC3=C(CC#C1)C(C)(C)CCC3(C)C)c1c-2ccc2oc3ccccc3c12)c1ccc(-c2ccccc2)cc1C. The van der Waals surface area contributed by atoms with Crippen LogP contribution in [-0.2, 0) is 5.41 Å². The maximum absolute atomic E-state index is 6.91. The molecule has 3 aliphatic heterocycles. The predicted octanol–water partition coefficient (Wildman–Crippen LogP) is 18.2. The molecule has 0 radical (unpaired) electrons. The summed E-state index contributed by atoms with van der Waals surface area (Å²) in [6.45, 7) is 19.0. The standard InChI is InChI=1S/C75H63BN2O/c1-46-41-50(48-21-11-9-12-22-48)33-35-54(46)68(55-36-34-51(42-47(55)2)49-23-13-10-14-24-49)52-43-58-56-37-38-67-69(57-26-15-18-32-66(57)79-67)71(56)78(53-25-19-28-59-62(45-53)74(5,6)40-39-73(59,3)4)76-63-30-20-29-61-72(63)77(65(44-52)70(58)76)64-31-17-16-27-60(64)75(61,7)8/h9-18,20-24,26-27,29-38,41-45,68H,28,39-40H2,1-8H3. The van der Waals surface area contributed by atoms with Crippen molar-refractivity contribution in [2.24, 2.45) is 10.8 Å². The summed E-state index contributed by atoms with van der Waals surface area (Å²) in [4.78, 5) is 5.34. The minimum absolute atomic E-state index is 0.0262. The zero-order chi connectivity index (χ0) is 53.7. The second kappa shape index (κ2) is 17.2. The van der Waals surface area contributed by atoms with Gasteiger partial charge in [-0.2, -0.15) is 0 Å².